The minimum absolute atomic E-state index is 0. The largest absolute Gasteiger partial charge is 0.355 e. The molecule has 0 fully saturated rings. The first-order valence-corrected chi connectivity index (χ1v) is 7.83. The van der Waals surface area contributed by atoms with Crippen LogP contribution in [0.4, 0.5) is 5.69 Å². The van der Waals surface area contributed by atoms with Crippen LogP contribution < -0.4 is 16.4 Å². The summed E-state index contributed by atoms with van der Waals surface area (Å²) in [7, 11) is 1.53. The van der Waals surface area contributed by atoms with Gasteiger partial charge >= 0.3 is 0 Å². The summed E-state index contributed by atoms with van der Waals surface area (Å²) in [5.41, 5.74) is 6.65. The topological polar surface area (TPSA) is 84.2 Å². The first-order valence-electron chi connectivity index (χ1n) is 6.06. The number of amides is 2. The minimum atomic E-state index is -0.556. The van der Waals surface area contributed by atoms with Gasteiger partial charge in [0.2, 0.25) is 5.91 Å². The first-order chi connectivity index (χ1) is 9.49. The Labute approximate surface area is 139 Å². The van der Waals surface area contributed by atoms with Crippen LogP contribution in [0.25, 0.3) is 0 Å². The first kappa shape index (κ1) is 20.1. The molecule has 0 unspecified atom stereocenters. The van der Waals surface area contributed by atoms with Gasteiger partial charge in [-0.15, -0.1) is 12.4 Å². The molecule has 0 aliphatic heterocycles. The van der Waals surface area contributed by atoms with Gasteiger partial charge < -0.3 is 16.4 Å². The number of benzene rings is 1. The van der Waals surface area contributed by atoms with Crippen molar-refractivity contribution in [2.24, 2.45) is 5.73 Å². The van der Waals surface area contributed by atoms with Gasteiger partial charge in [0.1, 0.15) is 0 Å². The normalized spacial score (nSPS) is 11.2. The van der Waals surface area contributed by atoms with E-state index in [0.717, 1.165) is 5.75 Å². The SMILES string of the molecule is CNC(=O)c1ccc(NC(=O)[C@@H](N)CCSC)cc1Cl.Cl. The molecular formula is C13H19Cl2N3O2S. The van der Waals surface area contributed by atoms with Crippen LogP contribution in [0.2, 0.25) is 5.02 Å². The van der Waals surface area contributed by atoms with E-state index in [0.29, 0.717) is 17.7 Å². The van der Waals surface area contributed by atoms with Crippen LogP contribution in [-0.2, 0) is 4.79 Å². The maximum Gasteiger partial charge on any atom is 0.252 e. The summed E-state index contributed by atoms with van der Waals surface area (Å²) in [6.07, 6.45) is 2.57. The highest BCUT2D eigenvalue weighted by Gasteiger charge is 2.14. The molecule has 21 heavy (non-hydrogen) atoms. The lowest BCUT2D eigenvalue weighted by Crippen LogP contribution is -2.36. The molecule has 2 amide bonds. The third-order valence-corrected chi connectivity index (χ3v) is 3.63. The van der Waals surface area contributed by atoms with E-state index >= 15 is 0 Å². The summed E-state index contributed by atoms with van der Waals surface area (Å²) < 4.78 is 0. The highest BCUT2D eigenvalue weighted by molar-refractivity contribution is 7.98. The Morgan fingerprint density at radius 1 is 1.43 bits per heavy atom. The number of carbonyl (C=O) groups is 2. The van der Waals surface area contributed by atoms with Crippen LogP contribution in [0.15, 0.2) is 18.2 Å². The molecule has 118 valence electrons. The lowest BCUT2D eigenvalue weighted by molar-refractivity contribution is -0.117. The molecule has 0 heterocycles. The maximum atomic E-state index is 11.8. The molecule has 0 aliphatic carbocycles. The van der Waals surface area contributed by atoms with Crippen molar-refractivity contribution < 1.29 is 9.59 Å². The van der Waals surface area contributed by atoms with Crippen LogP contribution in [0.5, 0.6) is 0 Å². The van der Waals surface area contributed by atoms with Crippen LogP contribution in [0, 0.1) is 0 Å². The van der Waals surface area contributed by atoms with Crippen molar-refractivity contribution >= 4 is 53.3 Å². The van der Waals surface area contributed by atoms with Crippen molar-refractivity contribution in [1.82, 2.24) is 5.32 Å². The Hall–Kier alpha value is -0.950. The number of nitrogens with two attached hydrogens (primary N) is 1. The summed E-state index contributed by atoms with van der Waals surface area (Å²) >= 11 is 7.64. The average Bonchev–Trinajstić information content (AvgIpc) is 2.44. The van der Waals surface area contributed by atoms with E-state index in [1.165, 1.54) is 13.1 Å². The predicted octanol–water partition coefficient (Wildman–Crippen LogP) is 2.14. The third-order valence-electron chi connectivity index (χ3n) is 2.68. The summed E-state index contributed by atoms with van der Waals surface area (Å²) in [6.45, 7) is 0. The van der Waals surface area contributed by atoms with Gasteiger partial charge in [0.15, 0.2) is 0 Å². The van der Waals surface area contributed by atoms with Gasteiger partial charge in [0.25, 0.3) is 5.91 Å². The number of carbonyl (C=O) groups excluding carboxylic acids is 2. The standard InChI is InChI=1S/C13H18ClN3O2S.ClH/c1-16-12(18)9-4-3-8(7-10(9)14)17-13(19)11(15)5-6-20-2;/h3-4,7,11H,5-6,15H2,1-2H3,(H,16,18)(H,17,19);1H/t11-;/m0./s1. The lowest BCUT2D eigenvalue weighted by atomic mass is 10.1. The van der Waals surface area contributed by atoms with Crippen molar-refractivity contribution in [2.75, 3.05) is 24.4 Å². The molecule has 0 saturated carbocycles. The molecule has 5 nitrogen and oxygen atoms in total. The fourth-order valence-corrected chi connectivity index (χ4v) is 2.28. The molecule has 1 aromatic rings. The van der Waals surface area contributed by atoms with Gasteiger partial charge in [-0.2, -0.15) is 11.8 Å². The molecule has 0 saturated heterocycles. The van der Waals surface area contributed by atoms with Crippen LogP contribution in [0.1, 0.15) is 16.8 Å². The Morgan fingerprint density at radius 2 is 2.10 bits per heavy atom. The smallest absolute Gasteiger partial charge is 0.252 e. The molecule has 0 spiro atoms. The summed E-state index contributed by atoms with van der Waals surface area (Å²) in [4.78, 5) is 23.3. The van der Waals surface area contributed by atoms with Gasteiger partial charge in [-0.1, -0.05) is 11.6 Å². The second-order valence-corrected chi connectivity index (χ2v) is 5.54. The van der Waals surface area contributed by atoms with E-state index in [9.17, 15) is 9.59 Å². The number of hydrogen-bond donors (Lipinski definition) is 3. The monoisotopic (exact) mass is 351 g/mol. The molecular weight excluding hydrogens is 333 g/mol. The van der Waals surface area contributed by atoms with Crippen molar-refractivity contribution in [1.29, 1.82) is 0 Å². The Kier molecular flexibility index (Phi) is 9.44. The molecule has 1 aromatic carbocycles. The van der Waals surface area contributed by atoms with Crippen LogP contribution in [-0.4, -0.2) is 36.9 Å². The average molecular weight is 352 g/mol. The quantitative estimate of drug-likeness (QED) is 0.732. The van der Waals surface area contributed by atoms with Gasteiger partial charge in [-0.25, -0.2) is 0 Å². The minimum Gasteiger partial charge on any atom is -0.355 e. The fraction of sp³-hybridized carbons (Fsp3) is 0.385. The fourth-order valence-electron chi connectivity index (χ4n) is 1.52. The molecule has 0 aromatic heterocycles. The summed E-state index contributed by atoms with van der Waals surface area (Å²) in [5, 5.41) is 5.45. The zero-order chi connectivity index (χ0) is 15.1. The van der Waals surface area contributed by atoms with Crippen molar-refractivity contribution in [3.63, 3.8) is 0 Å². The maximum absolute atomic E-state index is 11.8. The zero-order valence-corrected chi connectivity index (χ0v) is 14.2. The Balaban J connectivity index is 0.00000400. The third kappa shape index (κ3) is 6.13. The lowest BCUT2D eigenvalue weighted by Gasteiger charge is -2.12. The number of rotatable bonds is 6. The molecule has 4 N–H and O–H groups in total. The van der Waals surface area contributed by atoms with Crippen molar-refractivity contribution in [3.8, 4) is 0 Å². The number of halogens is 2. The number of thioether (sulfide) groups is 1. The van der Waals surface area contributed by atoms with Crippen molar-refractivity contribution in [2.45, 2.75) is 12.5 Å². The van der Waals surface area contributed by atoms with Crippen LogP contribution >= 0.6 is 35.8 Å². The Morgan fingerprint density at radius 3 is 2.62 bits per heavy atom. The molecule has 0 aliphatic rings. The van der Waals surface area contributed by atoms with E-state index in [2.05, 4.69) is 10.6 Å². The van der Waals surface area contributed by atoms with Crippen LogP contribution in [0.3, 0.4) is 0 Å². The van der Waals surface area contributed by atoms with E-state index in [4.69, 9.17) is 17.3 Å². The van der Waals surface area contributed by atoms with Gasteiger partial charge in [0, 0.05) is 12.7 Å². The number of anilines is 1. The highest BCUT2D eigenvalue weighted by atomic mass is 35.5. The zero-order valence-electron chi connectivity index (χ0n) is 11.8. The number of hydrogen-bond acceptors (Lipinski definition) is 4. The second kappa shape index (κ2) is 9.89. The van der Waals surface area contributed by atoms with E-state index < -0.39 is 6.04 Å². The summed E-state index contributed by atoms with van der Waals surface area (Å²) in [5.74, 6) is 0.290. The molecule has 8 heteroatoms. The Bertz CT molecular complexity index is 500. The molecule has 0 bridgehead atoms. The number of nitrogens with one attached hydrogen (secondary N) is 2. The molecule has 0 radical (unpaired) electrons. The van der Waals surface area contributed by atoms with Gasteiger partial charge in [-0.05, 0) is 36.6 Å². The summed E-state index contributed by atoms with van der Waals surface area (Å²) in [6, 6.07) is 4.16. The van der Waals surface area contributed by atoms with E-state index in [1.54, 1.807) is 23.9 Å². The van der Waals surface area contributed by atoms with E-state index in [-0.39, 0.29) is 29.2 Å². The van der Waals surface area contributed by atoms with Crippen molar-refractivity contribution in [3.05, 3.63) is 28.8 Å². The predicted molar refractivity (Wildman–Crippen MR) is 91.7 cm³/mol. The molecule has 1 rings (SSSR count). The van der Waals surface area contributed by atoms with E-state index in [1.807, 2.05) is 6.26 Å². The van der Waals surface area contributed by atoms with Gasteiger partial charge in [0.05, 0.1) is 16.6 Å². The highest BCUT2D eigenvalue weighted by Crippen LogP contribution is 2.21. The molecule has 1 atom stereocenters. The second-order valence-electron chi connectivity index (χ2n) is 4.15. The van der Waals surface area contributed by atoms with Gasteiger partial charge in [-0.3, -0.25) is 9.59 Å².